The van der Waals surface area contributed by atoms with E-state index in [0.717, 1.165) is 16.6 Å². The number of benzene rings is 1. The first-order valence-electron chi connectivity index (χ1n) is 6.56. The summed E-state index contributed by atoms with van der Waals surface area (Å²) in [6, 6.07) is 8.20. The highest BCUT2D eigenvalue weighted by atomic mass is 16.3. The molecule has 1 unspecified atom stereocenters. The van der Waals surface area contributed by atoms with Crippen molar-refractivity contribution < 1.29 is 10.2 Å². The van der Waals surface area contributed by atoms with Gasteiger partial charge in [-0.25, -0.2) is 0 Å². The maximum Gasteiger partial charge on any atom is 0.0942 e. The van der Waals surface area contributed by atoms with Crippen molar-refractivity contribution >= 4 is 16.6 Å². The Hall–Kier alpha value is -1.52. The van der Waals surface area contributed by atoms with Crippen molar-refractivity contribution in [3.63, 3.8) is 0 Å². The average Bonchev–Trinajstić information content (AvgIpc) is 2.78. The number of anilines is 1. The fourth-order valence-electron chi connectivity index (χ4n) is 1.95. The van der Waals surface area contributed by atoms with E-state index in [9.17, 15) is 5.11 Å². The Morgan fingerprint density at radius 1 is 1.26 bits per heavy atom. The molecule has 4 heteroatoms. The molecule has 0 radical (unpaired) electrons. The van der Waals surface area contributed by atoms with Crippen molar-refractivity contribution in [1.29, 1.82) is 0 Å². The van der Waals surface area contributed by atoms with Gasteiger partial charge in [-0.05, 0) is 24.3 Å². The lowest BCUT2D eigenvalue weighted by atomic mass is 9.92. The van der Waals surface area contributed by atoms with Gasteiger partial charge in [0.05, 0.1) is 12.7 Å². The summed E-state index contributed by atoms with van der Waals surface area (Å²) in [5, 5.41) is 22.4. The van der Waals surface area contributed by atoms with Gasteiger partial charge in [0.1, 0.15) is 0 Å². The van der Waals surface area contributed by atoms with Crippen molar-refractivity contribution in [3.05, 3.63) is 30.0 Å². The van der Waals surface area contributed by atoms with E-state index in [1.54, 1.807) is 0 Å². The molecule has 1 atom stereocenters. The summed E-state index contributed by atoms with van der Waals surface area (Å²) >= 11 is 0. The number of aromatic nitrogens is 1. The molecule has 4 N–H and O–H groups in total. The lowest BCUT2D eigenvalue weighted by Crippen LogP contribution is -2.22. The first-order valence-corrected chi connectivity index (χ1v) is 6.56. The van der Waals surface area contributed by atoms with Crippen LogP contribution in [0.3, 0.4) is 0 Å². The van der Waals surface area contributed by atoms with Gasteiger partial charge in [-0.2, -0.15) is 0 Å². The van der Waals surface area contributed by atoms with Gasteiger partial charge in [-0.15, -0.1) is 0 Å². The number of aromatic amines is 1. The Balaban J connectivity index is 2.21. The minimum atomic E-state index is -0.730. The Kier molecular flexibility index (Phi) is 3.83. The predicted octanol–water partition coefficient (Wildman–Crippen LogP) is 2.23. The summed E-state index contributed by atoms with van der Waals surface area (Å²) in [6.07, 6.45) is -0.730. The predicted molar refractivity (Wildman–Crippen MR) is 78.6 cm³/mol. The normalized spacial score (nSPS) is 13.7. The van der Waals surface area contributed by atoms with Gasteiger partial charge in [0.25, 0.3) is 0 Å². The molecular formula is C15H22N2O2. The van der Waals surface area contributed by atoms with Gasteiger partial charge in [-0.3, -0.25) is 0 Å². The van der Waals surface area contributed by atoms with Crippen LogP contribution in [0.1, 0.15) is 26.5 Å². The molecule has 104 valence electrons. The Labute approximate surface area is 113 Å². The number of H-pyrrole nitrogens is 1. The van der Waals surface area contributed by atoms with E-state index in [-0.39, 0.29) is 12.0 Å². The molecule has 0 saturated heterocycles. The first kappa shape index (κ1) is 13.9. The molecule has 4 nitrogen and oxygen atoms in total. The molecule has 0 saturated carbocycles. The van der Waals surface area contributed by atoms with E-state index in [1.807, 2.05) is 18.2 Å². The Morgan fingerprint density at radius 2 is 2.00 bits per heavy atom. The van der Waals surface area contributed by atoms with Gasteiger partial charge in [-0.1, -0.05) is 20.8 Å². The highest BCUT2D eigenvalue weighted by molar-refractivity contribution is 5.84. The number of rotatable bonds is 4. The number of aliphatic hydroxyl groups excluding tert-OH is 2. The summed E-state index contributed by atoms with van der Waals surface area (Å²) in [7, 11) is 0. The molecule has 1 aromatic heterocycles. The van der Waals surface area contributed by atoms with Gasteiger partial charge in [0.15, 0.2) is 0 Å². The standard InChI is InChI=1S/C15H22N2O2/c1-15(2,3)14-7-10-6-11(4-5-13(10)17-14)16-8-12(19)9-18/h4-7,12,16-19H,8-9H2,1-3H3. The summed E-state index contributed by atoms with van der Waals surface area (Å²) in [6.45, 7) is 6.64. The van der Waals surface area contributed by atoms with Gasteiger partial charge in [0, 0.05) is 34.2 Å². The first-order chi connectivity index (χ1) is 8.90. The van der Waals surface area contributed by atoms with Crippen molar-refractivity contribution in [2.75, 3.05) is 18.5 Å². The number of fused-ring (bicyclic) bond motifs is 1. The molecular weight excluding hydrogens is 240 g/mol. The van der Waals surface area contributed by atoms with Crippen molar-refractivity contribution in [2.24, 2.45) is 0 Å². The van der Waals surface area contributed by atoms with Crippen LogP contribution in [0.5, 0.6) is 0 Å². The molecule has 1 aromatic carbocycles. The fourth-order valence-corrected chi connectivity index (χ4v) is 1.95. The molecule has 19 heavy (non-hydrogen) atoms. The van der Waals surface area contributed by atoms with Crippen molar-refractivity contribution in [1.82, 2.24) is 4.98 Å². The highest BCUT2D eigenvalue weighted by Crippen LogP contribution is 2.27. The van der Waals surface area contributed by atoms with Crippen LogP contribution in [0, 0.1) is 0 Å². The third-order valence-corrected chi connectivity index (χ3v) is 3.18. The fraction of sp³-hybridized carbons (Fsp3) is 0.467. The van der Waals surface area contributed by atoms with E-state index in [4.69, 9.17) is 5.11 Å². The van der Waals surface area contributed by atoms with Crippen LogP contribution >= 0.6 is 0 Å². The largest absolute Gasteiger partial charge is 0.394 e. The Morgan fingerprint density at radius 3 is 2.63 bits per heavy atom. The van der Waals surface area contributed by atoms with Crippen LogP contribution in [0.15, 0.2) is 24.3 Å². The number of nitrogens with one attached hydrogen (secondary N) is 2. The van der Waals surface area contributed by atoms with Gasteiger partial charge in [0.2, 0.25) is 0 Å². The van der Waals surface area contributed by atoms with Crippen LogP contribution in [0.25, 0.3) is 10.9 Å². The maximum atomic E-state index is 9.32. The minimum Gasteiger partial charge on any atom is -0.394 e. The van der Waals surface area contributed by atoms with Crippen LogP contribution in [-0.4, -0.2) is 34.5 Å². The molecule has 0 fully saturated rings. The van der Waals surface area contributed by atoms with E-state index in [2.05, 4.69) is 37.1 Å². The molecule has 2 aromatic rings. The zero-order chi connectivity index (χ0) is 14.0. The van der Waals surface area contributed by atoms with Crippen molar-refractivity contribution in [2.45, 2.75) is 32.3 Å². The zero-order valence-corrected chi connectivity index (χ0v) is 11.7. The molecule has 2 rings (SSSR count). The third kappa shape index (κ3) is 3.28. The number of hydrogen-bond acceptors (Lipinski definition) is 3. The summed E-state index contributed by atoms with van der Waals surface area (Å²) < 4.78 is 0. The molecule has 0 amide bonds. The van der Waals surface area contributed by atoms with Crippen LogP contribution in [-0.2, 0) is 5.41 Å². The summed E-state index contributed by atoms with van der Waals surface area (Å²) in [5.41, 5.74) is 3.35. The second kappa shape index (κ2) is 5.23. The summed E-state index contributed by atoms with van der Waals surface area (Å²) in [5.74, 6) is 0. The monoisotopic (exact) mass is 262 g/mol. The second-order valence-corrected chi connectivity index (χ2v) is 5.95. The molecule has 0 bridgehead atoms. The Bertz CT molecular complexity index is 555. The molecule has 0 aliphatic rings. The molecule has 0 aliphatic heterocycles. The molecule has 1 heterocycles. The maximum absolute atomic E-state index is 9.32. The summed E-state index contributed by atoms with van der Waals surface area (Å²) in [4.78, 5) is 3.42. The SMILES string of the molecule is CC(C)(C)c1cc2cc(NCC(O)CO)ccc2[nH]1. The average molecular weight is 262 g/mol. The van der Waals surface area contributed by atoms with E-state index in [0.29, 0.717) is 6.54 Å². The van der Waals surface area contributed by atoms with Crippen molar-refractivity contribution in [3.8, 4) is 0 Å². The lowest BCUT2D eigenvalue weighted by molar-refractivity contribution is 0.105. The van der Waals surface area contributed by atoms with Crippen LogP contribution in [0.4, 0.5) is 5.69 Å². The van der Waals surface area contributed by atoms with E-state index >= 15 is 0 Å². The van der Waals surface area contributed by atoms with Crippen LogP contribution in [0.2, 0.25) is 0 Å². The van der Waals surface area contributed by atoms with Gasteiger partial charge >= 0.3 is 0 Å². The second-order valence-electron chi connectivity index (χ2n) is 5.95. The smallest absolute Gasteiger partial charge is 0.0942 e. The number of hydrogen-bond donors (Lipinski definition) is 4. The highest BCUT2D eigenvalue weighted by Gasteiger charge is 2.16. The van der Waals surface area contributed by atoms with Crippen LogP contribution < -0.4 is 5.32 Å². The quantitative estimate of drug-likeness (QED) is 0.683. The van der Waals surface area contributed by atoms with Gasteiger partial charge < -0.3 is 20.5 Å². The van der Waals surface area contributed by atoms with E-state index < -0.39 is 6.10 Å². The molecule has 0 spiro atoms. The minimum absolute atomic E-state index is 0.0969. The lowest BCUT2D eigenvalue weighted by Gasteiger charge is -2.15. The number of aliphatic hydroxyl groups is 2. The topological polar surface area (TPSA) is 68.3 Å². The molecule has 0 aliphatic carbocycles. The van der Waals surface area contributed by atoms with E-state index in [1.165, 1.54) is 5.69 Å². The third-order valence-electron chi connectivity index (χ3n) is 3.18. The zero-order valence-electron chi connectivity index (χ0n) is 11.7.